The van der Waals surface area contributed by atoms with Crippen molar-refractivity contribution in [2.45, 2.75) is 20.0 Å². The molecule has 20 heavy (non-hydrogen) atoms. The zero-order valence-corrected chi connectivity index (χ0v) is 14.5. The van der Waals surface area contributed by atoms with E-state index in [2.05, 4.69) is 73.6 Å². The van der Waals surface area contributed by atoms with Gasteiger partial charge in [-0.1, -0.05) is 30.3 Å². The fourth-order valence-corrected chi connectivity index (χ4v) is 3.45. The van der Waals surface area contributed by atoms with Gasteiger partial charge in [-0.25, -0.2) is 0 Å². The van der Waals surface area contributed by atoms with Crippen molar-refractivity contribution in [1.82, 2.24) is 5.32 Å². The maximum absolute atomic E-state index is 5.58. The third-order valence-electron chi connectivity index (χ3n) is 2.85. The molecule has 4 heteroatoms. The van der Waals surface area contributed by atoms with Crippen LogP contribution in [-0.4, -0.2) is 6.61 Å². The molecule has 0 bridgehead atoms. The standard InChI is InChI=1S/C16H17Br2NO/c1-2-20-16-14(17)8-13(9-15(16)18)11-19-10-12-6-4-3-5-7-12/h3-9,19H,2,10-11H2,1H3. The zero-order valence-electron chi connectivity index (χ0n) is 11.3. The molecule has 106 valence electrons. The summed E-state index contributed by atoms with van der Waals surface area (Å²) >= 11 is 7.11. The first-order chi connectivity index (χ1) is 9.70. The van der Waals surface area contributed by atoms with Crippen LogP contribution in [0.2, 0.25) is 0 Å². The number of hydrogen-bond acceptors (Lipinski definition) is 2. The quantitative estimate of drug-likeness (QED) is 0.747. The zero-order chi connectivity index (χ0) is 14.4. The van der Waals surface area contributed by atoms with Gasteiger partial charge in [0.25, 0.3) is 0 Å². The number of hydrogen-bond donors (Lipinski definition) is 1. The van der Waals surface area contributed by atoms with Crippen molar-refractivity contribution in [3.05, 3.63) is 62.5 Å². The molecule has 0 fully saturated rings. The topological polar surface area (TPSA) is 21.3 Å². The maximum Gasteiger partial charge on any atom is 0.147 e. The number of benzene rings is 2. The molecule has 1 N–H and O–H groups in total. The van der Waals surface area contributed by atoms with Crippen LogP contribution in [0.4, 0.5) is 0 Å². The molecule has 2 rings (SSSR count). The van der Waals surface area contributed by atoms with Gasteiger partial charge in [-0.15, -0.1) is 0 Å². The summed E-state index contributed by atoms with van der Waals surface area (Å²) in [6, 6.07) is 14.6. The Morgan fingerprint density at radius 1 is 0.950 bits per heavy atom. The third-order valence-corrected chi connectivity index (χ3v) is 4.03. The van der Waals surface area contributed by atoms with Crippen LogP contribution in [0.25, 0.3) is 0 Å². The maximum atomic E-state index is 5.58. The number of ether oxygens (including phenoxy) is 1. The predicted octanol–water partition coefficient (Wildman–Crippen LogP) is 4.90. The summed E-state index contributed by atoms with van der Waals surface area (Å²) in [4.78, 5) is 0. The van der Waals surface area contributed by atoms with Crippen molar-refractivity contribution in [1.29, 1.82) is 0 Å². The summed E-state index contributed by atoms with van der Waals surface area (Å²) in [6.07, 6.45) is 0. The molecule has 2 aromatic rings. The molecule has 0 saturated heterocycles. The molecule has 0 aliphatic heterocycles. The van der Waals surface area contributed by atoms with Gasteiger partial charge in [0.2, 0.25) is 0 Å². The molecular weight excluding hydrogens is 382 g/mol. The van der Waals surface area contributed by atoms with E-state index in [-0.39, 0.29) is 0 Å². The minimum absolute atomic E-state index is 0.656. The van der Waals surface area contributed by atoms with E-state index in [0.717, 1.165) is 27.8 Å². The van der Waals surface area contributed by atoms with Gasteiger partial charge >= 0.3 is 0 Å². The van der Waals surface area contributed by atoms with E-state index in [0.29, 0.717) is 6.61 Å². The normalized spacial score (nSPS) is 10.6. The van der Waals surface area contributed by atoms with E-state index in [4.69, 9.17) is 4.74 Å². The van der Waals surface area contributed by atoms with Gasteiger partial charge in [-0.3, -0.25) is 0 Å². The van der Waals surface area contributed by atoms with Crippen LogP contribution in [0.3, 0.4) is 0 Å². The first-order valence-corrected chi connectivity index (χ1v) is 8.14. The minimum atomic E-state index is 0.656. The van der Waals surface area contributed by atoms with E-state index in [1.165, 1.54) is 11.1 Å². The van der Waals surface area contributed by atoms with Gasteiger partial charge in [0.15, 0.2) is 0 Å². The van der Waals surface area contributed by atoms with Gasteiger partial charge in [0.1, 0.15) is 5.75 Å². The Hall–Kier alpha value is -0.840. The highest BCUT2D eigenvalue weighted by molar-refractivity contribution is 9.11. The molecule has 0 atom stereocenters. The lowest BCUT2D eigenvalue weighted by Crippen LogP contribution is -2.12. The SMILES string of the molecule is CCOc1c(Br)cc(CNCc2ccccc2)cc1Br. The number of rotatable bonds is 6. The molecule has 0 aliphatic carbocycles. The summed E-state index contributed by atoms with van der Waals surface area (Å²) in [5.74, 6) is 0.860. The second-order valence-electron chi connectivity index (χ2n) is 4.41. The molecule has 0 unspecified atom stereocenters. The molecular formula is C16H17Br2NO. The Labute approximate surface area is 136 Å². The molecule has 0 amide bonds. The first kappa shape index (κ1) is 15.5. The average Bonchev–Trinajstić information content (AvgIpc) is 2.44. The Morgan fingerprint density at radius 3 is 2.15 bits per heavy atom. The van der Waals surface area contributed by atoms with E-state index >= 15 is 0 Å². The number of nitrogens with one attached hydrogen (secondary N) is 1. The molecule has 0 heterocycles. The fourth-order valence-electron chi connectivity index (χ4n) is 1.94. The lowest BCUT2D eigenvalue weighted by Gasteiger charge is -2.11. The Kier molecular flexibility index (Phi) is 6.07. The summed E-state index contributed by atoms with van der Waals surface area (Å²) in [5.41, 5.74) is 2.50. The molecule has 2 aromatic carbocycles. The van der Waals surface area contributed by atoms with E-state index < -0.39 is 0 Å². The van der Waals surface area contributed by atoms with Gasteiger partial charge in [-0.05, 0) is 62.0 Å². The second kappa shape index (κ2) is 7.81. The van der Waals surface area contributed by atoms with E-state index in [1.54, 1.807) is 0 Å². The Morgan fingerprint density at radius 2 is 1.55 bits per heavy atom. The van der Waals surface area contributed by atoms with Crippen LogP contribution in [0, 0.1) is 0 Å². The molecule has 0 aliphatic rings. The summed E-state index contributed by atoms with van der Waals surface area (Å²) in [6.45, 7) is 4.32. The second-order valence-corrected chi connectivity index (χ2v) is 6.12. The largest absolute Gasteiger partial charge is 0.492 e. The van der Waals surface area contributed by atoms with Crippen LogP contribution in [0.1, 0.15) is 18.1 Å². The monoisotopic (exact) mass is 397 g/mol. The van der Waals surface area contributed by atoms with Crippen LogP contribution in [0.5, 0.6) is 5.75 Å². The average molecular weight is 399 g/mol. The van der Waals surface area contributed by atoms with Crippen LogP contribution >= 0.6 is 31.9 Å². The van der Waals surface area contributed by atoms with Crippen molar-refractivity contribution in [3.8, 4) is 5.75 Å². The summed E-state index contributed by atoms with van der Waals surface area (Å²) in [7, 11) is 0. The van der Waals surface area contributed by atoms with Crippen LogP contribution < -0.4 is 10.1 Å². The van der Waals surface area contributed by atoms with Gasteiger partial charge in [-0.2, -0.15) is 0 Å². The smallest absolute Gasteiger partial charge is 0.147 e. The van der Waals surface area contributed by atoms with Crippen molar-refractivity contribution in [2.75, 3.05) is 6.61 Å². The Bertz CT molecular complexity index is 535. The van der Waals surface area contributed by atoms with Gasteiger partial charge in [0.05, 0.1) is 15.6 Å². The van der Waals surface area contributed by atoms with Crippen molar-refractivity contribution in [3.63, 3.8) is 0 Å². The predicted molar refractivity (Wildman–Crippen MR) is 90.0 cm³/mol. The highest BCUT2D eigenvalue weighted by Crippen LogP contribution is 2.34. The highest BCUT2D eigenvalue weighted by atomic mass is 79.9. The first-order valence-electron chi connectivity index (χ1n) is 6.56. The van der Waals surface area contributed by atoms with Gasteiger partial charge in [0, 0.05) is 13.1 Å². The third kappa shape index (κ3) is 4.33. The van der Waals surface area contributed by atoms with E-state index in [1.807, 2.05) is 13.0 Å². The van der Waals surface area contributed by atoms with Crippen LogP contribution in [-0.2, 0) is 13.1 Å². The van der Waals surface area contributed by atoms with Crippen LogP contribution in [0.15, 0.2) is 51.4 Å². The minimum Gasteiger partial charge on any atom is -0.492 e. The molecule has 2 nitrogen and oxygen atoms in total. The molecule has 0 spiro atoms. The molecule has 0 radical (unpaired) electrons. The molecule has 0 aromatic heterocycles. The summed E-state index contributed by atoms with van der Waals surface area (Å²) in [5, 5.41) is 3.44. The van der Waals surface area contributed by atoms with Crippen molar-refractivity contribution >= 4 is 31.9 Å². The molecule has 0 saturated carbocycles. The number of halogens is 2. The lowest BCUT2D eigenvalue weighted by molar-refractivity contribution is 0.336. The van der Waals surface area contributed by atoms with Crippen molar-refractivity contribution in [2.24, 2.45) is 0 Å². The summed E-state index contributed by atoms with van der Waals surface area (Å²) < 4.78 is 7.54. The highest BCUT2D eigenvalue weighted by Gasteiger charge is 2.08. The lowest BCUT2D eigenvalue weighted by atomic mass is 10.2. The van der Waals surface area contributed by atoms with Crippen molar-refractivity contribution < 1.29 is 4.74 Å². The Balaban J connectivity index is 1.96. The van der Waals surface area contributed by atoms with Gasteiger partial charge < -0.3 is 10.1 Å². The fraction of sp³-hybridized carbons (Fsp3) is 0.250. The van der Waals surface area contributed by atoms with E-state index in [9.17, 15) is 0 Å².